The van der Waals surface area contributed by atoms with Crippen LogP contribution in [-0.2, 0) is 9.53 Å². The van der Waals surface area contributed by atoms with E-state index >= 15 is 0 Å². The number of carbonyl (C=O) groups excluding carboxylic acids is 2. The van der Waals surface area contributed by atoms with Crippen LogP contribution < -0.4 is 5.32 Å². The smallest absolute Gasteiger partial charge is 0.325 e. The van der Waals surface area contributed by atoms with Gasteiger partial charge in [0.25, 0.3) is 0 Å². The topological polar surface area (TPSA) is 58.6 Å². The maximum Gasteiger partial charge on any atom is 0.325 e. The lowest BCUT2D eigenvalue weighted by molar-refractivity contribution is -0.140. The number of methoxy groups -OCH3 is 1. The highest BCUT2D eigenvalue weighted by Crippen LogP contribution is 1.84. The molecule has 0 aliphatic carbocycles. The molecule has 0 radical (unpaired) electrons. The largest absolute Gasteiger partial charge is 0.468 e. The number of amides is 2. The Labute approximate surface area is 65.3 Å². The summed E-state index contributed by atoms with van der Waals surface area (Å²) in [6, 6.07) is -0.310. The molecule has 5 heteroatoms. The quantitative estimate of drug-likeness (QED) is 0.550. The molecule has 0 rings (SSSR count). The molecule has 0 atom stereocenters. The number of nitrogens with zero attached hydrogens (tertiary/aromatic N) is 1. The first-order chi connectivity index (χ1) is 5.11. The molecule has 0 heterocycles. The summed E-state index contributed by atoms with van der Waals surface area (Å²) in [4.78, 5) is 22.6. The van der Waals surface area contributed by atoms with Crippen LogP contribution in [-0.4, -0.2) is 44.7 Å². The van der Waals surface area contributed by atoms with E-state index in [9.17, 15) is 9.59 Å². The van der Waals surface area contributed by atoms with E-state index in [2.05, 4.69) is 10.1 Å². The van der Waals surface area contributed by atoms with Gasteiger partial charge in [-0.15, -0.1) is 0 Å². The van der Waals surface area contributed by atoms with Crippen LogP contribution in [0.4, 0.5) is 4.79 Å². The number of urea groups is 1. The zero-order valence-electron chi connectivity index (χ0n) is 6.88. The summed E-state index contributed by atoms with van der Waals surface area (Å²) in [5.74, 6) is -0.434. The Bertz CT molecular complexity index is 158. The first-order valence-electron chi connectivity index (χ1n) is 3.11. The molecule has 1 N–H and O–H groups in total. The van der Waals surface area contributed by atoms with Crippen LogP contribution in [0.1, 0.15) is 0 Å². The van der Waals surface area contributed by atoms with Gasteiger partial charge < -0.3 is 15.0 Å². The van der Waals surface area contributed by atoms with Gasteiger partial charge in [0, 0.05) is 14.1 Å². The molecule has 0 aliphatic heterocycles. The third-order valence-electron chi connectivity index (χ3n) is 1.15. The molecule has 0 aliphatic rings. The first-order valence-corrected chi connectivity index (χ1v) is 3.11. The van der Waals surface area contributed by atoms with Gasteiger partial charge in [-0.3, -0.25) is 4.79 Å². The Balaban J connectivity index is 3.77. The van der Waals surface area contributed by atoms with E-state index in [1.807, 2.05) is 0 Å². The van der Waals surface area contributed by atoms with Crippen molar-refractivity contribution < 1.29 is 14.3 Å². The number of likely N-dealkylation sites (N-methyl/N-ethyl adjacent to an activating group) is 1. The maximum absolute atomic E-state index is 10.8. The second-order valence-corrected chi connectivity index (χ2v) is 1.99. The molecule has 64 valence electrons. The van der Waals surface area contributed by atoms with Gasteiger partial charge >= 0.3 is 12.0 Å². The molecular formula is C6H12N2O3. The highest BCUT2D eigenvalue weighted by molar-refractivity contribution is 5.80. The number of esters is 1. The monoisotopic (exact) mass is 160 g/mol. The van der Waals surface area contributed by atoms with E-state index in [1.165, 1.54) is 26.1 Å². The van der Waals surface area contributed by atoms with E-state index in [-0.39, 0.29) is 12.6 Å². The predicted molar refractivity (Wildman–Crippen MR) is 39.1 cm³/mol. The molecule has 0 saturated heterocycles. The van der Waals surface area contributed by atoms with Crippen molar-refractivity contribution in [1.29, 1.82) is 0 Å². The molecule has 0 aromatic carbocycles. The number of hydrogen-bond donors (Lipinski definition) is 1. The highest BCUT2D eigenvalue weighted by atomic mass is 16.5. The zero-order valence-corrected chi connectivity index (χ0v) is 6.88. The van der Waals surface area contributed by atoms with Gasteiger partial charge in [-0.25, -0.2) is 4.79 Å². The molecule has 0 fully saturated rings. The van der Waals surface area contributed by atoms with Crippen LogP contribution >= 0.6 is 0 Å². The molecule has 0 bridgehead atoms. The molecule has 2 amide bonds. The minimum Gasteiger partial charge on any atom is -0.468 e. The molecular weight excluding hydrogens is 148 g/mol. The second-order valence-electron chi connectivity index (χ2n) is 1.99. The fraction of sp³-hybridized carbons (Fsp3) is 0.667. The van der Waals surface area contributed by atoms with E-state index in [0.717, 1.165) is 0 Å². The van der Waals surface area contributed by atoms with E-state index in [4.69, 9.17) is 0 Å². The second kappa shape index (κ2) is 4.54. The van der Waals surface area contributed by atoms with Gasteiger partial charge in [-0.1, -0.05) is 0 Å². The molecule has 0 saturated carbocycles. The standard InChI is InChI=1S/C6H12N2O3/c1-7-6(10)8(2)4-5(9)11-3/h4H2,1-3H3,(H,7,10). The fourth-order valence-electron chi connectivity index (χ4n) is 0.521. The normalized spacial score (nSPS) is 8.64. The lowest BCUT2D eigenvalue weighted by Gasteiger charge is -2.13. The Hall–Kier alpha value is -1.26. The molecule has 11 heavy (non-hydrogen) atoms. The van der Waals surface area contributed by atoms with Gasteiger partial charge in [0.15, 0.2) is 0 Å². The number of nitrogens with one attached hydrogen (secondary N) is 1. The highest BCUT2D eigenvalue weighted by Gasteiger charge is 2.10. The van der Waals surface area contributed by atoms with E-state index < -0.39 is 5.97 Å². The van der Waals surface area contributed by atoms with Crippen LogP contribution in [0.25, 0.3) is 0 Å². The first kappa shape index (κ1) is 9.74. The molecule has 5 nitrogen and oxygen atoms in total. The zero-order chi connectivity index (χ0) is 8.85. The van der Waals surface area contributed by atoms with Gasteiger partial charge in [-0.05, 0) is 0 Å². The Kier molecular flexibility index (Phi) is 4.02. The van der Waals surface area contributed by atoms with Crippen molar-refractivity contribution in [3.63, 3.8) is 0 Å². The third-order valence-corrected chi connectivity index (χ3v) is 1.15. The van der Waals surface area contributed by atoms with Gasteiger partial charge in [0.2, 0.25) is 0 Å². The summed E-state index contributed by atoms with van der Waals surface area (Å²) in [5.41, 5.74) is 0. The summed E-state index contributed by atoms with van der Waals surface area (Å²) in [6.45, 7) is -0.0316. The average Bonchev–Trinajstić information content (AvgIpc) is 2.02. The predicted octanol–water partition coefficient (Wildman–Crippen LogP) is -0.569. The lowest BCUT2D eigenvalue weighted by atomic mass is 10.6. The van der Waals surface area contributed by atoms with Crippen LogP contribution in [0.5, 0.6) is 0 Å². The molecule has 0 aromatic rings. The third kappa shape index (κ3) is 3.44. The summed E-state index contributed by atoms with van der Waals surface area (Å²) in [7, 11) is 4.28. The molecule has 0 aromatic heterocycles. The van der Waals surface area contributed by atoms with Crippen molar-refractivity contribution in [1.82, 2.24) is 10.2 Å². The summed E-state index contributed by atoms with van der Waals surface area (Å²) in [6.07, 6.45) is 0. The van der Waals surface area contributed by atoms with E-state index in [0.29, 0.717) is 0 Å². The van der Waals surface area contributed by atoms with Crippen molar-refractivity contribution in [2.75, 3.05) is 27.7 Å². The Morgan fingerprint density at radius 1 is 1.55 bits per heavy atom. The van der Waals surface area contributed by atoms with Crippen LogP contribution in [0, 0.1) is 0 Å². The van der Waals surface area contributed by atoms with Gasteiger partial charge in [0.05, 0.1) is 7.11 Å². The van der Waals surface area contributed by atoms with Crippen molar-refractivity contribution in [2.24, 2.45) is 0 Å². The lowest BCUT2D eigenvalue weighted by Crippen LogP contribution is -2.38. The van der Waals surface area contributed by atoms with Crippen LogP contribution in [0.3, 0.4) is 0 Å². The van der Waals surface area contributed by atoms with Crippen molar-refractivity contribution in [2.45, 2.75) is 0 Å². The molecule has 0 spiro atoms. The van der Waals surface area contributed by atoms with Gasteiger partial charge in [-0.2, -0.15) is 0 Å². The summed E-state index contributed by atoms with van der Waals surface area (Å²) < 4.78 is 4.35. The fourth-order valence-corrected chi connectivity index (χ4v) is 0.521. The van der Waals surface area contributed by atoms with Crippen LogP contribution in [0.2, 0.25) is 0 Å². The molecule has 0 unspecified atom stereocenters. The average molecular weight is 160 g/mol. The minimum atomic E-state index is -0.434. The summed E-state index contributed by atoms with van der Waals surface area (Å²) >= 11 is 0. The van der Waals surface area contributed by atoms with Crippen molar-refractivity contribution in [3.05, 3.63) is 0 Å². The van der Waals surface area contributed by atoms with Crippen molar-refractivity contribution in [3.8, 4) is 0 Å². The van der Waals surface area contributed by atoms with E-state index in [1.54, 1.807) is 0 Å². The number of rotatable bonds is 2. The number of carbonyl (C=O) groups is 2. The Morgan fingerprint density at radius 2 is 2.09 bits per heavy atom. The minimum absolute atomic E-state index is 0.0316. The van der Waals surface area contributed by atoms with Crippen molar-refractivity contribution >= 4 is 12.0 Å². The summed E-state index contributed by atoms with van der Waals surface area (Å²) in [5, 5.41) is 2.37. The number of ether oxygens (including phenoxy) is 1. The maximum atomic E-state index is 10.8. The van der Waals surface area contributed by atoms with Crippen LogP contribution in [0.15, 0.2) is 0 Å². The SMILES string of the molecule is CNC(=O)N(C)CC(=O)OC. The van der Waals surface area contributed by atoms with Gasteiger partial charge in [0.1, 0.15) is 6.54 Å². The number of hydrogen-bond acceptors (Lipinski definition) is 3. The Morgan fingerprint density at radius 3 is 2.45 bits per heavy atom.